The lowest BCUT2D eigenvalue weighted by molar-refractivity contribution is -0.134. The Morgan fingerprint density at radius 3 is 1.69 bits per heavy atom. The van der Waals surface area contributed by atoms with Crippen LogP contribution in [0.2, 0.25) is 0 Å². The summed E-state index contributed by atoms with van der Waals surface area (Å²) in [4.78, 5) is 64.0. The Bertz CT molecular complexity index is 885. The lowest BCUT2D eigenvalue weighted by atomic mass is 9.93. The highest BCUT2D eigenvalue weighted by molar-refractivity contribution is 5.95. The smallest absolute Gasteiger partial charge is 0.408 e. The van der Waals surface area contributed by atoms with Crippen molar-refractivity contribution in [2.75, 3.05) is 0 Å². The van der Waals surface area contributed by atoms with Crippen molar-refractivity contribution in [3.8, 4) is 0 Å². The molecule has 42 heavy (non-hydrogen) atoms. The quantitative estimate of drug-likeness (QED) is 0.170. The number of aliphatic hydroxyl groups is 1. The number of carbonyl (C=O) groups excluding carboxylic acids is 5. The van der Waals surface area contributed by atoms with E-state index in [-0.39, 0.29) is 30.6 Å². The Balaban J connectivity index is 5.72. The number of amides is 5. The summed E-state index contributed by atoms with van der Waals surface area (Å²) in [5.74, 6) is -2.16. The minimum Gasteiger partial charge on any atom is -0.444 e. The van der Waals surface area contributed by atoms with Crippen molar-refractivity contribution < 1.29 is 33.8 Å². The molecule has 0 aromatic carbocycles. The van der Waals surface area contributed by atoms with Gasteiger partial charge in [-0.1, -0.05) is 68.2 Å². The molecule has 5 N–H and O–H groups in total. The third-order valence-corrected chi connectivity index (χ3v) is 7.10. The Labute approximate surface area is 253 Å². The van der Waals surface area contributed by atoms with Gasteiger partial charge in [0.05, 0.1) is 18.6 Å². The van der Waals surface area contributed by atoms with E-state index in [1.54, 1.807) is 20.8 Å². The minimum absolute atomic E-state index is 0.0742. The van der Waals surface area contributed by atoms with E-state index >= 15 is 0 Å². The second-order valence-corrected chi connectivity index (χ2v) is 13.3. The number of alkyl carbamates (subject to hydrolysis) is 1. The third kappa shape index (κ3) is 16.1. The third-order valence-electron chi connectivity index (χ3n) is 7.10. The first-order chi connectivity index (χ1) is 19.3. The molecule has 244 valence electrons. The Hall–Kier alpha value is -2.69. The maximum Gasteiger partial charge on any atom is 0.408 e. The number of imide groups is 1. The predicted octanol–water partition coefficient (Wildman–Crippen LogP) is 3.82. The normalized spacial score (nSPS) is 16.0. The lowest BCUT2D eigenvalue weighted by Gasteiger charge is -2.32. The molecule has 11 nitrogen and oxygen atoms in total. The van der Waals surface area contributed by atoms with Crippen molar-refractivity contribution in [1.29, 1.82) is 0 Å². The Kier molecular flexibility index (Phi) is 17.6. The molecule has 0 saturated carbocycles. The largest absolute Gasteiger partial charge is 0.444 e. The second kappa shape index (κ2) is 18.8. The zero-order valence-corrected chi connectivity index (χ0v) is 27.8. The topological polar surface area (TPSA) is 163 Å². The lowest BCUT2D eigenvalue weighted by Crippen LogP contribution is -2.59. The van der Waals surface area contributed by atoms with Crippen LogP contribution in [0.1, 0.15) is 115 Å². The molecule has 11 heteroatoms. The van der Waals surface area contributed by atoms with Crippen LogP contribution in [0.15, 0.2) is 0 Å². The molecule has 5 amide bonds. The zero-order valence-electron chi connectivity index (χ0n) is 27.8. The fraction of sp³-hybridized carbons (Fsp3) is 0.839. The summed E-state index contributed by atoms with van der Waals surface area (Å²) in [6.07, 6.45) is 0.0601. The summed E-state index contributed by atoms with van der Waals surface area (Å²) in [5, 5.41) is 21.5. The van der Waals surface area contributed by atoms with Crippen molar-refractivity contribution in [3.63, 3.8) is 0 Å². The van der Waals surface area contributed by atoms with E-state index < -0.39 is 59.6 Å². The number of hydrogen-bond donors (Lipinski definition) is 5. The van der Waals surface area contributed by atoms with Gasteiger partial charge >= 0.3 is 6.09 Å². The number of rotatable bonds is 17. The highest BCUT2D eigenvalue weighted by Gasteiger charge is 2.35. The highest BCUT2D eigenvalue weighted by atomic mass is 16.6. The maximum absolute atomic E-state index is 13.6. The molecule has 6 atom stereocenters. The maximum atomic E-state index is 13.6. The number of ether oxygens (including phenoxy) is 1. The average molecular weight is 599 g/mol. The molecule has 0 aliphatic heterocycles. The first-order valence-corrected chi connectivity index (χ1v) is 15.4. The van der Waals surface area contributed by atoms with Gasteiger partial charge in [-0.05, 0) is 57.3 Å². The van der Waals surface area contributed by atoms with Crippen LogP contribution in [-0.4, -0.2) is 64.7 Å². The molecule has 0 aliphatic carbocycles. The molecule has 0 radical (unpaired) electrons. The average Bonchev–Trinajstić information content (AvgIpc) is 2.86. The van der Waals surface area contributed by atoms with Crippen LogP contribution in [0.5, 0.6) is 0 Å². The van der Waals surface area contributed by atoms with Crippen LogP contribution in [0.3, 0.4) is 0 Å². The number of hydrogen-bond acceptors (Lipinski definition) is 7. The van der Waals surface area contributed by atoms with Crippen molar-refractivity contribution in [2.45, 2.75) is 145 Å². The predicted molar refractivity (Wildman–Crippen MR) is 163 cm³/mol. The second-order valence-electron chi connectivity index (χ2n) is 13.3. The van der Waals surface area contributed by atoms with E-state index in [9.17, 15) is 29.1 Å². The van der Waals surface area contributed by atoms with Crippen molar-refractivity contribution in [2.24, 2.45) is 23.7 Å². The summed E-state index contributed by atoms with van der Waals surface area (Å²) >= 11 is 0. The van der Waals surface area contributed by atoms with Gasteiger partial charge in [0.2, 0.25) is 23.6 Å². The van der Waals surface area contributed by atoms with Crippen LogP contribution >= 0.6 is 0 Å². The first-order valence-electron chi connectivity index (χ1n) is 15.4. The molecule has 0 rings (SSSR count). The van der Waals surface area contributed by atoms with Gasteiger partial charge in [-0.2, -0.15) is 0 Å². The van der Waals surface area contributed by atoms with Gasteiger partial charge < -0.3 is 25.8 Å². The number of aliphatic hydroxyl groups excluding tert-OH is 1. The van der Waals surface area contributed by atoms with Gasteiger partial charge in [0, 0.05) is 6.42 Å². The van der Waals surface area contributed by atoms with E-state index in [1.807, 2.05) is 55.4 Å². The molecule has 0 unspecified atom stereocenters. The molecular formula is C31H58N4O7. The van der Waals surface area contributed by atoms with Crippen LogP contribution in [-0.2, 0) is 23.9 Å². The Morgan fingerprint density at radius 2 is 1.24 bits per heavy atom. The van der Waals surface area contributed by atoms with E-state index in [0.717, 1.165) is 0 Å². The summed E-state index contributed by atoms with van der Waals surface area (Å²) in [6.45, 7) is 20.4. The standard InChI is InChI=1S/C31H58N4O7/c1-12-20(7)26(34-29(40)27(21(8)13-2)35-30(41)42-31(9,10)11)28(39)32-22(16-19(5)6)23(36)17-25(38)33-24(37)15-14-18(3)4/h18-23,26-27,36H,12-17H2,1-11H3,(H,32,39)(H,34,40)(H,35,41)(H,33,37,38)/t20-,21-,22-,23-,26-,27-/m0/s1. The molecule has 0 aliphatic rings. The Morgan fingerprint density at radius 1 is 0.738 bits per heavy atom. The van der Waals surface area contributed by atoms with Crippen molar-refractivity contribution >= 4 is 29.7 Å². The zero-order chi connectivity index (χ0) is 32.8. The van der Waals surface area contributed by atoms with Gasteiger partial charge in [0.15, 0.2) is 0 Å². The number of nitrogens with one attached hydrogen (secondary N) is 4. The molecule has 0 saturated heterocycles. The van der Waals surface area contributed by atoms with Crippen molar-refractivity contribution in [3.05, 3.63) is 0 Å². The van der Waals surface area contributed by atoms with Crippen LogP contribution in [0.4, 0.5) is 4.79 Å². The SMILES string of the molecule is CC[C@H](C)[C@H](NC(=O)OC(C)(C)C)C(=O)N[C@H](C(=O)N[C@@H](CC(C)C)[C@@H](O)CC(=O)NC(=O)CCC(C)C)[C@@H](C)CC. The van der Waals surface area contributed by atoms with Gasteiger partial charge in [0.25, 0.3) is 0 Å². The molecule has 0 aromatic heterocycles. The van der Waals surface area contributed by atoms with Gasteiger partial charge in [0.1, 0.15) is 17.7 Å². The van der Waals surface area contributed by atoms with Crippen LogP contribution < -0.4 is 21.3 Å². The summed E-state index contributed by atoms with van der Waals surface area (Å²) in [5.41, 5.74) is -0.746. The highest BCUT2D eigenvalue weighted by Crippen LogP contribution is 2.16. The minimum atomic E-state index is -1.25. The molecule has 0 fully saturated rings. The fourth-order valence-electron chi connectivity index (χ4n) is 4.19. The summed E-state index contributed by atoms with van der Waals surface area (Å²) in [7, 11) is 0. The van der Waals surface area contributed by atoms with Gasteiger partial charge in [-0.15, -0.1) is 0 Å². The molecular weight excluding hydrogens is 540 g/mol. The summed E-state index contributed by atoms with van der Waals surface area (Å²) < 4.78 is 5.34. The molecule has 0 heterocycles. The van der Waals surface area contributed by atoms with E-state index in [4.69, 9.17) is 4.74 Å². The number of carbonyl (C=O) groups is 5. The molecule has 0 spiro atoms. The van der Waals surface area contributed by atoms with Crippen molar-refractivity contribution in [1.82, 2.24) is 21.3 Å². The molecule has 0 aromatic rings. The first kappa shape index (κ1) is 39.3. The summed E-state index contributed by atoms with van der Waals surface area (Å²) in [6, 6.07) is -2.68. The fourth-order valence-corrected chi connectivity index (χ4v) is 4.19. The van der Waals surface area contributed by atoms with E-state index in [1.165, 1.54) is 0 Å². The monoisotopic (exact) mass is 598 g/mol. The van der Waals surface area contributed by atoms with Gasteiger partial charge in [-0.25, -0.2) is 4.79 Å². The van der Waals surface area contributed by atoms with Crippen LogP contribution in [0.25, 0.3) is 0 Å². The van der Waals surface area contributed by atoms with E-state index in [0.29, 0.717) is 31.6 Å². The van der Waals surface area contributed by atoms with E-state index in [2.05, 4.69) is 21.3 Å². The van der Waals surface area contributed by atoms with Gasteiger partial charge in [-0.3, -0.25) is 24.5 Å². The van der Waals surface area contributed by atoms with Crippen LogP contribution in [0, 0.1) is 23.7 Å². The molecule has 0 bridgehead atoms.